The van der Waals surface area contributed by atoms with Crippen molar-refractivity contribution in [3.63, 3.8) is 0 Å². The summed E-state index contributed by atoms with van der Waals surface area (Å²) in [5.74, 6) is -1.69. The molecule has 0 radical (unpaired) electrons. The van der Waals surface area contributed by atoms with Crippen LogP contribution in [-0.2, 0) is 6.54 Å². The summed E-state index contributed by atoms with van der Waals surface area (Å²) in [5.41, 5.74) is 1.50. The molecule has 1 saturated heterocycles. The number of hydrogen-bond donors (Lipinski definition) is 0. The first-order valence-corrected chi connectivity index (χ1v) is 8.95. The van der Waals surface area contributed by atoms with E-state index in [0.717, 1.165) is 52.4 Å². The molecular formula is C14H15F2N3Se. The van der Waals surface area contributed by atoms with Crippen molar-refractivity contribution in [2.75, 3.05) is 13.1 Å². The molecule has 1 aromatic heterocycles. The summed E-state index contributed by atoms with van der Waals surface area (Å²) >= 11 is 0.807. The Morgan fingerprint density at radius 3 is 2.65 bits per heavy atom. The molecule has 0 atom stereocenters. The second kappa shape index (κ2) is 6.04. The van der Waals surface area contributed by atoms with Crippen molar-refractivity contribution in [3.8, 4) is 5.69 Å². The molecule has 0 spiro atoms. The van der Waals surface area contributed by atoms with Crippen molar-refractivity contribution < 1.29 is 8.78 Å². The molecule has 0 aliphatic carbocycles. The fourth-order valence-electron chi connectivity index (χ4n) is 2.21. The number of benzene rings is 1. The van der Waals surface area contributed by atoms with Crippen LogP contribution < -0.4 is 0 Å². The van der Waals surface area contributed by atoms with Crippen LogP contribution in [0.5, 0.6) is 0 Å². The Labute approximate surface area is 122 Å². The molecule has 1 fully saturated rings. The molecule has 106 valence electrons. The zero-order chi connectivity index (χ0) is 13.9. The van der Waals surface area contributed by atoms with E-state index < -0.39 is 11.6 Å². The van der Waals surface area contributed by atoms with Crippen LogP contribution in [0, 0.1) is 11.6 Å². The first kappa shape index (κ1) is 13.7. The van der Waals surface area contributed by atoms with Gasteiger partial charge in [0.15, 0.2) is 0 Å². The molecule has 3 nitrogen and oxygen atoms in total. The maximum absolute atomic E-state index is 13.2. The van der Waals surface area contributed by atoms with E-state index in [1.54, 1.807) is 10.9 Å². The first-order valence-electron chi connectivity index (χ1n) is 6.52. The Kier molecular flexibility index (Phi) is 4.15. The monoisotopic (exact) mass is 343 g/mol. The molecule has 3 rings (SSSR count). The third-order valence-corrected chi connectivity index (χ3v) is 5.28. The maximum atomic E-state index is 13.2. The van der Waals surface area contributed by atoms with Gasteiger partial charge < -0.3 is 0 Å². The zero-order valence-electron chi connectivity index (χ0n) is 10.9. The number of rotatable bonds is 3. The van der Waals surface area contributed by atoms with Gasteiger partial charge in [-0.3, -0.25) is 0 Å². The molecule has 6 heteroatoms. The molecule has 0 unspecified atom stereocenters. The molecule has 1 aliphatic rings. The number of nitrogens with zero attached hydrogens (tertiary/aromatic N) is 3. The SMILES string of the molecule is Fc1ccc(-n2ccc(CN3CC[Se]CC3)n2)cc1F. The van der Waals surface area contributed by atoms with Crippen LogP contribution in [0.4, 0.5) is 8.78 Å². The summed E-state index contributed by atoms with van der Waals surface area (Å²) in [5, 5.41) is 7.04. The van der Waals surface area contributed by atoms with Crippen molar-refractivity contribution in [1.82, 2.24) is 14.7 Å². The minimum atomic E-state index is -0.849. The molecule has 1 aromatic carbocycles. The zero-order valence-corrected chi connectivity index (χ0v) is 12.6. The summed E-state index contributed by atoms with van der Waals surface area (Å²) in [7, 11) is 0. The summed E-state index contributed by atoms with van der Waals surface area (Å²) in [6.45, 7) is 3.10. The Bertz CT molecular complexity index is 594. The van der Waals surface area contributed by atoms with E-state index >= 15 is 0 Å². The molecule has 0 bridgehead atoms. The van der Waals surface area contributed by atoms with Gasteiger partial charge in [-0.25, -0.2) is 0 Å². The van der Waals surface area contributed by atoms with E-state index in [1.165, 1.54) is 16.7 Å². The van der Waals surface area contributed by atoms with Gasteiger partial charge in [-0.15, -0.1) is 0 Å². The third-order valence-electron chi connectivity index (χ3n) is 3.30. The van der Waals surface area contributed by atoms with Crippen molar-refractivity contribution in [3.05, 3.63) is 47.8 Å². The minimum absolute atomic E-state index is 0.539. The Morgan fingerprint density at radius 2 is 1.90 bits per heavy atom. The standard InChI is InChI=1S/C14H15F2N3Se/c15-13-2-1-12(9-14(13)16)19-4-3-11(17-19)10-18-5-7-20-8-6-18/h1-4,9H,5-8,10H2. The van der Waals surface area contributed by atoms with Gasteiger partial charge in [0.2, 0.25) is 0 Å². The van der Waals surface area contributed by atoms with Gasteiger partial charge in [0.25, 0.3) is 0 Å². The van der Waals surface area contributed by atoms with Gasteiger partial charge in [-0.1, -0.05) is 0 Å². The van der Waals surface area contributed by atoms with Crippen LogP contribution in [0.25, 0.3) is 5.69 Å². The normalized spacial score (nSPS) is 16.5. The predicted molar refractivity (Wildman–Crippen MR) is 74.1 cm³/mol. The van der Waals surface area contributed by atoms with Crippen molar-refractivity contribution in [2.45, 2.75) is 17.2 Å². The van der Waals surface area contributed by atoms with Gasteiger partial charge in [-0.2, -0.15) is 0 Å². The Balaban J connectivity index is 1.73. The molecule has 0 N–H and O–H groups in total. The second-order valence-corrected chi connectivity index (χ2v) is 7.31. The Hall–Kier alpha value is -1.23. The molecule has 20 heavy (non-hydrogen) atoms. The van der Waals surface area contributed by atoms with Crippen LogP contribution in [0.2, 0.25) is 10.6 Å². The van der Waals surface area contributed by atoms with E-state index in [1.807, 2.05) is 6.07 Å². The topological polar surface area (TPSA) is 21.1 Å². The van der Waals surface area contributed by atoms with Gasteiger partial charge >= 0.3 is 122 Å². The number of hydrogen-bond acceptors (Lipinski definition) is 2. The molecule has 0 saturated carbocycles. The van der Waals surface area contributed by atoms with Crippen molar-refractivity contribution >= 4 is 15.0 Å². The predicted octanol–water partition coefficient (Wildman–Crippen LogP) is 2.51. The van der Waals surface area contributed by atoms with Crippen LogP contribution in [0.3, 0.4) is 0 Å². The summed E-state index contributed by atoms with van der Waals surface area (Å²) in [4.78, 5) is 2.39. The quantitative estimate of drug-likeness (QED) is 0.800. The van der Waals surface area contributed by atoms with E-state index in [9.17, 15) is 8.78 Å². The van der Waals surface area contributed by atoms with Gasteiger partial charge in [0, 0.05) is 0 Å². The van der Waals surface area contributed by atoms with Gasteiger partial charge in [0.1, 0.15) is 0 Å². The van der Waals surface area contributed by atoms with Crippen molar-refractivity contribution in [2.24, 2.45) is 0 Å². The fraction of sp³-hybridized carbons (Fsp3) is 0.357. The first-order chi connectivity index (χ1) is 9.72. The average molecular weight is 342 g/mol. The van der Waals surface area contributed by atoms with Gasteiger partial charge in [-0.05, 0) is 0 Å². The number of aromatic nitrogens is 2. The van der Waals surface area contributed by atoms with E-state index in [4.69, 9.17) is 0 Å². The number of halogens is 2. The van der Waals surface area contributed by atoms with Crippen LogP contribution in [0.15, 0.2) is 30.5 Å². The second-order valence-electron chi connectivity index (χ2n) is 4.74. The van der Waals surface area contributed by atoms with Crippen LogP contribution >= 0.6 is 0 Å². The summed E-state index contributed by atoms with van der Waals surface area (Å²) in [6, 6.07) is 5.74. The molecule has 0 amide bonds. The molecule has 2 heterocycles. The van der Waals surface area contributed by atoms with E-state index in [-0.39, 0.29) is 0 Å². The summed E-state index contributed by atoms with van der Waals surface area (Å²) < 4.78 is 27.7. The van der Waals surface area contributed by atoms with Crippen LogP contribution in [-0.4, -0.2) is 42.7 Å². The van der Waals surface area contributed by atoms with E-state index in [0.29, 0.717) is 5.69 Å². The molecule has 2 aromatic rings. The molecule has 1 aliphatic heterocycles. The third kappa shape index (κ3) is 3.08. The van der Waals surface area contributed by atoms with E-state index in [2.05, 4.69) is 10.00 Å². The van der Waals surface area contributed by atoms with Gasteiger partial charge in [0.05, 0.1) is 0 Å². The molecular weight excluding hydrogens is 327 g/mol. The van der Waals surface area contributed by atoms with Crippen molar-refractivity contribution in [1.29, 1.82) is 0 Å². The van der Waals surface area contributed by atoms with Crippen LogP contribution in [0.1, 0.15) is 5.69 Å². The summed E-state index contributed by atoms with van der Waals surface area (Å²) in [6.07, 6.45) is 1.79. The average Bonchev–Trinajstić information content (AvgIpc) is 2.91. The fourth-order valence-corrected chi connectivity index (χ4v) is 4.26. The Morgan fingerprint density at radius 1 is 1.10 bits per heavy atom.